The summed E-state index contributed by atoms with van der Waals surface area (Å²) in [5.41, 5.74) is 10.9. The zero-order chi connectivity index (χ0) is 34.4. The largest absolute Gasteiger partial charge is 0.496 e. The molecule has 0 spiro atoms. The van der Waals surface area contributed by atoms with E-state index in [-0.39, 0.29) is 44.6 Å². The molecule has 1 aliphatic heterocycles. The molecule has 0 fully saturated rings. The number of carbonyl (C=O) groups is 2. The Morgan fingerprint density at radius 2 is 1.04 bits per heavy atom. The zero-order valence-electron chi connectivity index (χ0n) is 26.0. The maximum absolute atomic E-state index is 12.6. The van der Waals surface area contributed by atoms with Crippen molar-refractivity contribution in [2.75, 3.05) is 14.2 Å². The molecule has 0 aliphatic carbocycles. The molecule has 1 aliphatic rings. The average molecular weight is 679 g/mol. The number of rotatable bonds is 9. The third kappa shape index (κ3) is 8.00. The fourth-order valence-corrected chi connectivity index (χ4v) is 5.33. The first-order chi connectivity index (χ1) is 23.1. The minimum Gasteiger partial charge on any atom is -0.496 e. The van der Waals surface area contributed by atoms with E-state index in [1.807, 2.05) is 24.3 Å². The lowest BCUT2D eigenvalue weighted by Crippen LogP contribution is -2.29. The summed E-state index contributed by atoms with van der Waals surface area (Å²) in [6.45, 7) is 0.504. The highest BCUT2D eigenvalue weighted by molar-refractivity contribution is 6.21. The van der Waals surface area contributed by atoms with Crippen molar-refractivity contribution in [3.05, 3.63) is 152 Å². The molecule has 5 aromatic carbocycles. The van der Waals surface area contributed by atoms with Gasteiger partial charge in [-0.2, -0.15) is 0 Å². The van der Waals surface area contributed by atoms with Crippen molar-refractivity contribution >= 4 is 23.2 Å². The maximum Gasteiger partial charge on any atom is 0.270 e. The van der Waals surface area contributed by atoms with Crippen LogP contribution in [0, 0.1) is 20.2 Å². The number of nitro groups is 2. The highest BCUT2D eigenvalue weighted by Crippen LogP contribution is 2.35. The predicted molar refractivity (Wildman–Crippen MR) is 192 cm³/mol. The Bertz CT molecular complexity index is 2010. The van der Waals surface area contributed by atoms with E-state index in [1.165, 1.54) is 36.3 Å². The van der Waals surface area contributed by atoms with Crippen LogP contribution in [-0.2, 0) is 13.1 Å². The topological polar surface area (TPSA) is 168 Å². The molecule has 0 bridgehead atoms. The van der Waals surface area contributed by atoms with Gasteiger partial charge in [0.1, 0.15) is 11.5 Å². The molecule has 0 atom stereocenters. The van der Waals surface area contributed by atoms with Gasteiger partial charge in [-0.05, 0) is 58.7 Å². The fraction of sp³-hybridized carbons (Fsp3) is 0.158. The van der Waals surface area contributed by atoms with Crippen LogP contribution in [0.4, 0.5) is 11.4 Å². The van der Waals surface area contributed by atoms with Crippen LogP contribution in [0.1, 0.15) is 46.7 Å². The minimum atomic E-state index is -0.460. The lowest BCUT2D eigenvalue weighted by atomic mass is 10.0. The van der Waals surface area contributed by atoms with Gasteiger partial charge in [0.05, 0.1) is 41.7 Å². The first-order valence-electron chi connectivity index (χ1n) is 14.6. The molecule has 0 unspecified atom stereocenters. The number of nitrogens with two attached hydrogens (primary N) is 1. The Labute approximate surface area is 290 Å². The molecular weight excluding hydrogens is 640 g/mol. The van der Waals surface area contributed by atoms with Gasteiger partial charge in [-0.25, -0.2) is 0 Å². The first-order valence-corrected chi connectivity index (χ1v) is 14.6. The lowest BCUT2D eigenvalue weighted by molar-refractivity contribution is -0.385. The highest BCUT2D eigenvalue weighted by Gasteiger charge is 2.35. The molecule has 0 aromatic heterocycles. The summed E-state index contributed by atoms with van der Waals surface area (Å²) in [6, 6.07) is 30.2. The Balaban J connectivity index is 0.000000282. The Morgan fingerprint density at radius 1 is 0.600 bits per heavy atom. The van der Waals surface area contributed by atoms with E-state index in [0.717, 1.165) is 16.7 Å². The number of hydrogen-bond donors (Lipinski definition) is 1. The summed E-state index contributed by atoms with van der Waals surface area (Å²) >= 11 is 0. The van der Waals surface area contributed by atoms with Gasteiger partial charge in [-0.15, -0.1) is 0 Å². The quantitative estimate of drug-likeness (QED) is 0.0920. The number of imide groups is 1. The van der Waals surface area contributed by atoms with Crippen molar-refractivity contribution in [2.45, 2.75) is 27.9 Å². The SMILES string of the molecule is C.C.COc1ccc(CN)cc1-c1cccc([N+](=O)[O-])c1.COc1ccc(CN2C(=O)c3ccccc3C2=O)cc1-c1cccc([N+](=O)[O-])c1. The van der Waals surface area contributed by atoms with E-state index in [4.69, 9.17) is 15.2 Å². The van der Waals surface area contributed by atoms with E-state index in [1.54, 1.807) is 67.8 Å². The van der Waals surface area contributed by atoms with Gasteiger partial charge < -0.3 is 15.2 Å². The van der Waals surface area contributed by atoms with E-state index in [0.29, 0.717) is 45.9 Å². The molecule has 2 amide bonds. The van der Waals surface area contributed by atoms with Gasteiger partial charge >= 0.3 is 0 Å². The van der Waals surface area contributed by atoms with Gasteiger partial charge in [0.25, 0.3) is 23.2 Å². The Kier molecular flexibility index (Phi) is 12.6. The first kappa shape index (κ1) is 38.1. The second-order valence-electron chi connectivity index (χ2n) is 10.6. The zero-order valence-corrected chi connectivity index (χ0v) is 26.0. The summed E-state index contributed by atoms with van der Waals surface area (Å²) in [7, 11) is 3.08. The van der Waals surface area contributed by atoms with Gasteiger partial charge in [0.15, 0.2) is 0 Å². The number of ether oxygens (including phenoxy) is 2. The summed E-state index contributed by atoms with van der Waals surface area (Å²) in [4.78, 5) is 47.5. The van der Waals surface area contributed by atoms with Crippen LogP contribution < -0.4 is 15.2 Å². The van der Waals surface area contributed by atoms with E-state index in [2.05, 4.69) is 0 Å². The molecule has 2 N–H and O–H groups in total. The number of carbonyl (C=O) groups excluding carboxylic acids is 2. The molecule has 12 nitrogen and oxygen atoms in total. The van der Waals surface area contributed by atoms with Gasteiger partial charge in [0, 0.05) is 41.9 Å². The molecule has 0 saturated heterocycles. The highest BCUT2D eigenvalue weighted by atomic mass is 16.6. The van der Waals surface area contributed by atoms with Crippen LogP contribution in [0.3, 0.4) is 0 Å². The van der Waals surface area contributed by atoms with E-state index in [9.17, 15) is 29.8 Å². The number of methoxy groups -OCH3 is 2. The van der Waals surface area contributed by atoms with Crippen molar-refractivity contribution in [3.8, 4) is 33.8 Å². The Morgan fingerprint density at radius 3 is 1.46 bits per heavy atom. The molecule has 0 saturated carbocycles. The van der Waals surface area contributed by atoms with Crippen LogP contribution in [-0.4, -0.2) is 40.8 Å². The number of hydrogen-bond acceptors (Lipinski definition) is 9. The second kappa shape index (κ2) is 16.6. The van der Waals surface area contributed by atoms with E-state index < -0.39 is 9.85 Å². The summed E-state index contributed by atoms with van der Waals surface area (Å²) in [5.74, 6) is 0.533. The third-order valence-corrected chi connectivity index (χ3v) is 7.72. The molecule has 50 heavy (non-hydrogen) atoms. The number of non-ortho nitro benzene ring substituents is 2. The predicted octanol–water partition coefficient (Wildman–Crippen LogP) is 8.07. The molecule has 6 rings (SSSR count). The Hall–Kier alpha value is -6.40. The second-order valence-corrected chi connectivity index (χ2v) is 10.6. The number of fused-ring (bicyclic) bond motifs is 1. The van der Waals surface area contributed by atoms with Crippen molar-refractivity contribution in [3.63, 3.8) is 0 Å². The smallest absolute Gasteiger partial charge is 0.270 e. The molecule has 1 heterocycles. The number of nitro benzene ring substituents is 2. The molecular formula is C38H38N4O8. The minimum absolute atomic E-state index is 0. The monoisotopic (exact) mass is 678 g/mol. The summed E-state index contributed by atoms with van der Waals surface area (Å²) in [6.07, 6.45) is 0. The maximum atomic E-state index is 12.6. The average Bonchev–Trinajstić information content (AvgIpc) is 3.36. The number of nitrogens with zero attached hydrogens (tertiary/aromatic N) is 3. The van der Waals surface area contributed by atoms with Crippen molar-refractivity contribution in [1.29, 1.82) is 0 Å². The normalized spacial score (nSPS) is 11.3. The summed E-state index contributed by atoms with van der Waals surface area (Å²) in [5, 5.41) is 21.9. The van der Waals surface area contributed by atoms with E-state index >= 15 is 0 Å². The van der Waals surface area contributed by atoms with Crippen molar-refractivity contribution in [1.82, 2.24) is 4.90 Å². The fourth-order valence-electron chi connectivity index (χ4n) is 5.33. The third-order valence-electron chi connectivity index (χ3n) is 7.72. The van der Waals surface area contributed by atoms with Gasteiger partial charge in [-0.1, -0.05) is 63.4 Å². The van der Waals surface area contributed by atoms with Crippen molar-refractivity contribution < 1.29 is 28.9 Å². The van der Waals surface area contributed by atoms with Crippen LogP contribution in [0.5, 0.6) is 11.5 Å². The van der Waals surface area contributed by atoms with Gasteiger partial charge in [-0.3, -0.25) is 34.7 Å². The number of amides is 2. The van der Waals surface area contributed by atoms with Crippen molar-refractivity contribution in [2.24, 2.45) is 5.73 Å². The van der Waals surface area contributed by atoms with Crippen LogP contribution in [0.15, 0.2) is 109 Å². The molecule has 0 radical (unpaired) electrons. The van der Waals surface area contributed by atoms with Crippen LogP contribution in [0.25, 0.3) is 22.3 Å². The standard InChI is InChI=1S/C22H16N2O5.C14H14N2O3.2CH4/c1-29-20-10-9-14(11-19(20)15-5-4-6-16(12-15)24(27)28)13-23-21(25)17-7-2-3-8-18(17)22(23)26;1-19-14-6-5-10(9-15)7-13(14)11-3-2-4-12(8-11)16(17)18;;/h2-12H,13H2,1H3;2-8H,9,15H2,1H3;2*1H4. The van der Waals surface area contributed by atoms with Gasteiger partial charge in [0.2, 0.25) is 0 Å². The molecule has 5 aromatic rings. The van der Waals surface area contributed by atoms with Crippen LogP contribution in [0.2, 0.25) is 0 Å². The molecule has 12 heteroatoms. The molecule has 258 valence electrons. The number of benzene rings is 5. The lowest BCUT2D eigenvalue weighted by Gasteiger charge is -2.16. The summed E-state index contributed by atoms with van der Waals surface area (Å²) < 4.78 is 10.7. The van der Waals surface area contributed by atoms with Crippen LogP contribution >= 0.6 is 0 Å².